The van der Waals surface area contributed by atoms with Crippen molar-refractivity contribution in [2.75, 3.05) is 51.0 Å². The summed E-state index contributed by atoms with van der Waals surface area (Å²) in [5.41, 5.74) is -1.09. The van der Waals surface area contributed by atoms with E-state index in [2.05, 4.69) is 14.9 Å². The summed E-state index contributed by atoms with van der Waals surface area (Å²) in [5, 5.41) is 19.8. The van der Waals surface area contributed by atoms with Gasteiger partial charge in [-0.2, -0.15) is 19.6 Å². The fourth-order valence-electron chi connectivity index (χ4n) is 7.25. The highest BCUT2D eigenvalue weighted by Crippen LogP contribution is 2.45. The number of hydrogen-bond acceptors (Lipinski definition) is 11. The van der Waals surface area contributed by atoms with E-state index >= 15 is 4.39 Å². The van der Waals surface area contributed by atoms with Gasteiger partial charge in [0, 0.05) is 35.2 Å². The predicted molar refractivity (Wildman–Crippen MR) is 155 cm³/mol. The number of aromatic nitrogens is 3. The Morgan fingerprint density at radius 2 is 2.07 bits per heavy atom. The average molecular weight is 625 g/mol. The lowest BCUT2D eigenvalue weighted by Crippen LogP contribution is -2.43. The number of thiophene rings is 1. The molecule has 0 spiro atoms. The molecule has 0 amide bonds. The van der Waals surface area contributed by atoms with Crippen LogP contribution in [0.1, 0.15) is 31.2 Å². The third-order valence-corrected chi connectivity index (χ3v) is 10.2. The number of halogens is 3. The molecule has 3 fully saturated rings. The molecule has 0 aliphatic carbocycles. The zero-order chi connectivity index (χ0) is 30.2. The van der Waals surface area contributed by atoms with Crippen LogP contribution >= 0.6 is 11.3 Å². The number of ether oxygens (including phenoxy) is 3. The van der Waals surface area contributed by atoms with Crippen molar-refractivity contribution in [3.05, 3.63) is 28.6 Å². The van der Waals surface area contributed by atoms with Crippen LogP contribution in [0.15, 0.2) is 12.1 Å². The molecule has 8 rings (SSSR count). The van der Waals surface area contributed by atoms with Gasteiger partial charge >= 0.3 is 6.01 Å². The Bertz CT molecular complexity index is 1860. The van der Waals surface area contributed by atoms with Gasteiger partial charge in [-0.05, 0) is 37.9 Å². The number of nitriles is 1. The van der Waals surface area contributed by atoms with Gasteiger partial charge < -0.3 is 24.2 Å². The van der Waals surface area contributed by atoms with E-state index in [9.17, 15) is 19.1 Å². The molecule has 10 nitrogen and oxygen atoms in total. The number of fused-ring (bicyclic) bond motifs is 2. The molecule has 228 valence electrons. The van der Waals surface area contributed by atoms with Crippen LogP contribution in [0.4, 0.5) is 19.0 Å². The molecule has 0 radical (unpaired) electrons. The minimum atomic E-state index is -0.941. The third kappa shape index (κ3) is 4.24. The average Bonchev–Trinajstić information content (AvgIpc) is 3.76. The second kappa shape index (κ2) is 10.3. The molecule has 0 bridgehead atoms. The number of pyridine rings is 1. The van der Waals surface area contributed by atoms with Crippen molar-refractivity contribution in [2.24, 2.45) is 0 Å². The van der Waals surface area contributed by atoms with Crippen LogP contribution in [0.2, 0.25) is 0 Å². The number of phenolic OH excluding ortho intramolecular Hbond substituents is 1. The molecule has 1 aromatic carbocycles. The van der Waals surface area contributed by atoms with E-state index in [1.54, 1.807) is 0 Å². The lowest BCUT2D eigenvalue weighted by atomic mass is 9.95. The molecule has 1 unspecified atom stereocenters. The molecular formula is C30H27F3N6O4S. The van der Waals surface area contributed by atoms with Crippen LogP contribution in [0.3, 0.4) is 0 Å². The van der Waals surface area contributed by atoms with Crippen LogP contribution in [-0.2, 0) is 4.74 Å². The number of rotatable bonds is 5. The molecule has 4 aliphatic heterocycles. The minimum Gasteiger partial charge on any atom is -0.508 e. The Labute approximate surface area is 253 Å². The van der Waals surface area contributed by atoms with Crippen LogP contribution in [0, 0.1) is 22.3 Å². The number of aromatic hydroxyl groups is 1. The summed E-state index contributed by atoms with van der Waals surface area (Å²) in [6.45, 7) is 2.96. The van der Waals surface area contributed by atoms with Crippen molar-refractivity contribution in [1.29, 1.82) is 5.26 Å². The molecule has 4 aliphatic rings. The van der Waals surface area contributed by atoms with Gasteiger partial charge in [-0.25, -0.2) is 13.8 Å². The Kier molecular flexibility index (Phi) is 6.48. The predicted octanol–water partition coefficient (Wildman–Crippen LogP) is 4.70. The second-order valence-corrected chi connectivity index (χ2v) is 12.8. The maximum absolute atomic E-state index is 16.8. The highest BCUT2D eigenvalue weighted by molar-refractivity contribution is 7.17. The van der Waals surface area contributed by atoms with Gasteiger partial charge in [-0.15, -0.1) is 11.3 Å². The normalized spacial score (nSPS) is 24.9. The van der Waals surface area contributed by atoms with Crippen LogP contribution in [0.5, 0.6) is 17.6 Å². The minimum absolute atomic E-state index is 0.0318. The lowest BCUT2D eigenvalue weighted by Gasteiger charge is -2.31. The van der Waals surface area contributed by atoms with Crippen molar-refractivity contribution >= 4 is 38.1 Å². The first-order valence-corrected chi connectivity index (χ1v) is 15.4. The number of phenols is 1. The molecule has 0 saturated carbocycles. The third-order valence-electron chi connectivity index (χ3n) is 9.23. The monoisotopic (exact) mass is 624 g/mol. The van der Waals surface area contributed by atoms with E-state index in [0.717, 1.165) is 25.8 Å². The fourth-order valence-corrected chi connectivity index (χ4v) is 8.18. The SMILES string of the molecule is N#Cc1c(F)sc2cc(O)cc(-c3nc4c5c(nc(OC[C@@]67CCCN6C[C@H](F)C7)nc5c3F)N(C3CCOC3)CCO4)c12. The van der Waals surface area contributed by atoms with Crippen molar-refractivity contribution < 1.29 is 32.5 Å². The highest BCUT2D eigenvalue weighted by Gasteiger charge is 2.49. The summed E-state index contributed by atoms with van der Waals surface area (Å²) in [6.07, 6.45) is 1.87. The molecular weight excluding hydrogens is 597 g/mol. The number of anilines is 1. The molecule has 3 atom stereocenters. The number of hydrogen-bond donors (Lipinski definition) is 1. The van der Waals surface area contributed by atoms with Crippen molar-refractivity contribution in [3.63, 3.8) is 0 Å². The molecule has 1 N–H and O–H groups in total. The molecule has 3 saturated heterocycles. The summed E-state index contributed by atoms with van der Waals surface area (Å²) in [7, 11) is 0. The Morgan fingerprint density at radius 1 is 1.18 bits per heavy atom. The smallest absolute Gasteiger partial charge is 0.319 e. The largest absolute Gasteiger partial charge is 0.508 e. The first kappa shape index (κ1) is 27.6. The topological polar surface area (TPSA) is 117 Å². The van der Waals surface area contributed by atoms with E-state index in [0.29, 0.717) is 49.9 Å². The van der Waals surface area contributed by atoms with Crippen LogP contribution < -0.4 is 14.4 Å². The Balaban J connectivity index is 1.32. The summed E-state index contributed by atoms with van der Waals surface area (Å²) in [6, 6.07) is 4.32. The summed E-state index contributed by atoms with van der Waals surface area (Å²) < 4.78 is 64.1. The quantitative estimate of drug-likeness (QED) is 0.335. The molecule has 44 heavy (non-hydrogen) atoms. The van der Waals surface area contributed by atoms with E-state index in [1.807, 2.05) is 11.0 Å². The number of alkyl halides is 1. The first-order valence-electron chi connectivity index (χ1n) is 14.6. The molecule has 14 heteroatoms. The maximum atomic E-state index is 16.8. The highest BCUT2D eigenvalue weighted by atomic mass is 32.1. The summed E-state index contributed by atoms with van der Waals surface area (Å²) in [5.74, 6) is -0.643. The van der Waals surface area contributed by atoms with Gasteiger partial charge in [0.05, 0.1) is 24.7 Å². The van der Waals surface area contributed by atoms with E-state index in [-0.39, 0.29) is 74.7 Å². The van der Waals surface area contributed by atoms with Crippen LogP contribution in [-0.4, -0.2) is 88.8 Å². The fraction of sp³-hybridized carbons (Fsp3) is 0.467. The van der Waals surface area contributed by atoms with Gasteiger partial charge in [0.15, 0.2) is 10.9 Å². The Hall–Kier alpha value is -3.93. The van der Waals surface area contributed by atoms with Gasteiger partial charge in [0.1, 0.15) is 59.2 Å². The van der Waals surface area contributed by atoms with E-state index < -0.39 is 22.7 Å². The van der Waals surface area contributed by atoms with Gasteiger partial charge in [0.25, 0.3) is 0 Å². The number of benzene rings is 1. The summed E-state index contributed by atoms with van der Waals surface area (Å²) in [4.78, 5) is 17.9. The molecule has 4 aromatic rings. The maximum Gasteiger partial charge on any atom is 0.319 e. The van der Waals surface area contributed by atoms with Crippen molar-refractivity contribution in [3.8, 4) is 35.0 Å². The van der Waals surface area contributed by atoms with E-state index in [1.165, 1.54) is 12.1 Å². The zero-order valence-corrected chi connectivity index (χ0v) is 24.3. The second-order valence-electron chi connectivity index (χ2n) is 11.8. The zero-order valence-electron chi connectivity index (χ0n) is 23.5. The first-order chi connectivity index (χ1) is 21.3. The van der Waals surface area contributed by atoms with Gasteiger partial charge in [-0.1, -0.05) is 0 Å². The van der Waals surface area contributed by atoms with Crippen molar-refractivity contribution in [1.82, 2.24) is 19.9 Å². The van der Waals surface area contributed by atoms with Gasteiger partial charge in [0.2, 0.25) is 5.88 Å². The van der Waals surface area contributed by atoms with Gasteiger partial charge in [-0.3, -0.25) is 4.90 Å². The summed E-state index contributed by atoms with van der Waals surface area (Å²) >= 11 is 0.680. The van der Waals surface area contributed by atoms with Crippen molar-refractivity contribution in [2.45, 2.75) is 43.4 Å². The number of nitrogens with zero attached hydrogens (tertiary/aromatic N) is 6. The lowest BCUT2D eigenvalue weighted by molar-refractivity contribution is 0.107. The molecule has 7 heterocycles. The van der Waals surface area contributed by atoms with Crippen LogP contribution in [0.25, 0.3) is 32.2 Å². The Morgan fingerprint density at radius 3 is 2.89 bits per heavy atom. The standard InChI is InChI=1S/C30H27F3N6O4S/c31-15-10-30(3-1-4-38(30)12-15)14-43-29-36-25-22-27(37-29)39(16-2-6-41-13-16)5-7-42-28(22)35-24(23(25)32)18-8-17(40)9-20-21(18)19(11-34)26(33)44-20/h8-9,15-16,40H,1-7,10,12-14H2/t15-,16?,30+/m1/s1. The molecule has 3 aromatic heterocycles. The van der Waals surface area contributed by atoms with E-state index in [4.69, 9.17) is 19.2 Å².